The number of aliphatic hydroxyl groups excluding tert-OH is 1. The molecule has 7 nitrogen and oxygen atoms in total. The molecular formula is C16H21N3O4. The molecule has 0 heterocycles. The van der Waals surface area contributed by atoms with Gasteiger partial charge in [-0.3, -0.25) is 14.9 Å². The SMILES string of the molecule is O=C(NC1CC1)c1ccc(N[C@H]2CCCC[C@@H]2O)c([N+](=O)[O-])c1. The molecular weight excluding hydrogens is 298 g/mol. The van der Waals surface area contributed by atoms with Gasteiger partial charge in [0, 0.05) is 17.7 Å². The molecule has 2 fully saturated rings. The highest BCUT2D eigenvalue weighted by Crippen LogP contribution is 2.30. The van der Waals surface area contributed by atoms with Gasteiger partial charge in [0.05, 0.1) is 17.1 Å². The molecule has 0 spiro atoms. The Morgan fingerprint density at radius 2 is 1.96 bits per heavy atom. The van der Waals surface area contributed by atoms with Gasteiger partial charge in [0.15, 0.2) is 0 Å². The molecule has 23 heavy (non-hydrogen) atoms. The van der Waals surface area contributed by atoms with Gasteiger partial charge in [0.2, 0.25) is 0 Å². The number of nitrogens with one attached hydrogen (secondary N) is 2. The molecule has 3 N–H and O–H groups in total. The summed E-state index contributed by atoms with van der Waals surface area (Å²) >= 11 is 0. The summed E-state index contributed by atoms with van der Waals surface area (Å²) < 4.78 is 0. The standard InChI is InChI=1S/C16H21N3O4/c20-15-4-2-1-3-13(15)18-12-8-5-10(9-14(12)19(22)23)16(21)17-11-6-7-11/h5,8-9,11,13,15,18,20H,1-4,6-7H2,(H,17,21)/t13-,15-/m0/s1. The fourth-order valence-electron chi connectivity index (χ4n) is 2.92. The Morgan fingerprint density at radius 3 is 2.61 bits per heavy atom. The summed E-state index contributed by atoms with van der Waals surface area (Å²) in [6.07, 6.45) is 4.88. The minimum absolute atomic E-state index is 0.133. The molecule has 3 rings (SSSR count). The Kier molecular flexibility index (Phi) is 4.47. The van der Waals surface area contributed by atoms with Crippen LogP contribution >= 0.6 is 0 Å². The monoisotopic (exact) mass is 319 g/mol. The minimum atomic E-state index is -0.499. The highest BCUT2D eigenvalue weighted by molar-refractivity contribution is 5.96. The summed E-state index contributed by atoms with van der Waals surface area (Å²) in [7, 11) is 0. The van der Waals surface area contributed by atoms with Gasteiger partial charge in [-0.05, 0) is 37.8 Å². The lowest BCUT2D eigenvalue weighted by molar-refractivity contribution is -0.384. The molecule has 2 aliphatic rings. The van der Waals surface area contributed by atoms with Crippen LogP contribution in [0.5, 0.6) is 0 Å². The Labute approximate surface area is 134 Å². The van der Waals surface area contributed by atoms with Crippen LogP contribution in [0.1, 0.15) is 48.9 Å². The second kappa shape index (κ2) is 6.54. The zero-order valence-corrected chi connectivity index (χ0v) is 12.8. The van der Waals surface area contributed by atoms with Crippen molar-refractivity contribution < 1.29 is 14.8 Å². The van der Waals surface area contributed by atoms with Crippen LogP contribution in [-0.4, -0.2) is 34.1 Å². The largest absolute Gasteiger partial charge is 0.391 e. The molecule has 124 valence electrons. The third-order valence-corrected chi connectivity index (χ3v) is 4.44. The molecule has 0 saturated heterocycles. The summed E-state index contributed by atoms with van der Waals surface area (Å²) in [6, 6.07) is 4.46. The van der Waals surface area contributed by atoms with E-state index < -0.39 is 11.0 Å². The lowest BCUT2D eigenvalue weighted by Gasteiger charge is -2.29. The molecule has 1 amide bonds. The normalized spacial score (nSPS) is 24.0. The zero-order valence-electron chi connectivity index (χ0n) is 12.8. The molecule has 7 heteroatoms. The van der Waals surface area contributed by atoms with E-state index in [9.17, 15) is 20.0 Å². The summed E-state index contributed by atoms with van der Waals surface area (Å²) in [5.41, 5.74) is 0.508. The minimum Gasteiger partial charge on any atom is -0.391 e. The number of hydrogen-bond donors (Lipinski definition) is 3. The van der Waals surface area contributed by atoms with Crippen LogP contribution in [0.3, 0.4) is 0 Å². The van der Waals surface area contributed by atoms with E-state index in [0.29, 0.717) is 17.7 Å². The Balaban J connectivity index is 1.78. The molecule has 2 aliphatic carbocycles. The van der Waals surface area contributed by atoms with E-state index in [4.69, 9.17) is 0 Å². The van der Waals surface area contributed by atoms with E-state index in [-0.39, 0.29) is 23.7 Å². The molecule has 1 aromatic rings. The van der Waals surface area contributed by atoms with Crippen molar-refractivity contribution in [2.75, 3.05) is 5.32 Å². The quantitative estimate of drug-likeness (QED) is 0.570. The summed E-state index contributed by atoms with van der Waals surface area (Å²) in [6.45, 7) is 0. The van der Waals surface area contributed by atoms with Gasteiger partial charge in [-0.15, -0.1) is 0 Å². The topological polar surface area (TPSA) is 104 Å². The maximum absolute atomic E-state index is 12.0. The second-order valence-electron chi connectivity index (χ2n) is 6.34. The molecule has 0 bridgehead atoms. The molecule has 1 aromatic carbocycles. The number of carbonyl (C=O) groups excluding carboxylic acids is 1. The number of nitro benzene ring substituents is 1. The van der Waals surface area contributed by atoms with Crippen LogP contribution in [0.4, 0.5) is 11.4 Å². The number of hydrogen-bond acceptors (Lipinski definition) is 5. The molecule has 0 aromatic heterocycles. The number of carbonyl (C=O) groups is 1. The summed E-state index contributed by atoms with van der Waals surface area (Å²) in [5, 5.41) is 27.2. The average Bonchev–Trinajstić information content (AvgIpc) is 3.33. The van der Waals surface area contributed by atoms with Crippen molar-refractivity contribution in [3.63, 3.8) is 0 Å². The number of amides is 1. The molecule has 0 unspecified atom stereocenters. The summed E-state index contributed by atoms with van der Waals surface area (Å²) in [4.78, 5) is 22.9. The van der Waals surface area contributed by atoms with Gasteiger partial charge in [-0.2, -0.15) is 0 Å². The van der Waals surface area contributed by atoms with Crippen molar-refractivity contribution in [3.8, 4) is 0 Å². The number of nitro groups is 1. The Hall–Kier alpha value is -2.15. The van der Waals surface area contributed by atoms with Gasteiger partial charge in [-0.25, -0.2) is 0 Å². The zero-order chi connectivity index (χ0) is 16.4. The first-order valence-electron chi connectivity index (χ1n) is 8.08. The Morgan fingerprint density at radius 1 is 1.22 bits per heavy atom. The Bertz CT molecular complexity index is 615. The van der Waals surface area contributed by atoms with Crippen molar-refractivity contribution in [2.24, 2.45) is 0 Å². The van der Waals surface area contributed by atoms with Crippen LogP contribution in [0.15, 0.2) is 18.2 Å². The molecule has 2 saturated carbocycles. The van der Waals surface area contributed by atoms with Gasteiger partial charge in [-0.1, -0.05) is 12.8 Å². The molecule has 0 radical (unpaired) electrons. The maximum atomic E-state index is 12.0. The number of rotatable bonds is 5. The maximum Gasteiger partial charge on any atom is 0.293 e. The van der Waals surface area contributed by atoms with Crippen LogP contribution < -0.4 is 10.6 Å². The third-order valence-electron chi connectivity index (χ3n) is 4.44. The predicted octanol–water partition coefficient (Wildman–Crippen LogP) is 2.20. The number of benzene rings is 1. The second-order valence-corrected chi connectivity index (χ2v) is 6.34. The molecule has 0 aliphatic heterocycles. The van der Waals surface area contributed by atoms with E-state index in [1.54, 1.807) is 12.1 Å². The lowest BCUT2D eigenvalue weighted by atomic mass is 9.92. The van der Waals surface area contributed by atoms with Gasteiger partial charge < -0.3 is 15.7 Å². The highest BCUT2D eigenvalue weighted by Gasteiger charge is 2.27. The number of aliphatic hydroxyl groups is 1. The van der Waals surface area contributed by atoms with Gasteiger partial charge in [0.1, 0.15) is 5.69 Å². The number of nitrogens with zero attached hydrogens (tertiary/aromatic N) is 1. The van der Waals surface area contributed by atoms with Crippen LogP contribution in [0.25, 0.3) is 0 Å². The fraction of sp³-hybridized carbons (Fsp3) is 0.562. The van der Waals surface area contributed by atoms with Gasteiger partial charge in [0.25, 0.3) is 11.6 Å². The van der Waals surface area contributed by atoms with E-state index >= 15 is 0 Å². The van der Waals surface area contributed by atoms with E-state index in [1.807, 2.05) is 0 Å². The van der Waals surface area contributed by atoms with E-state index in [0.717, 1.165) is 32.1 Å². The van der Waals surface area contributed by atoms with E-state index in [2.05, 4.69) is 10.6 Å². The van der Waals surface area contributed by atoms with Gasteiger partial charge >= 0.3 is 0 Å². The first-order chi connectivity index (χ1) is 11.0. The van der Waals surface area contributed by atoms with Crippen molar-refractivity contribution >= 4 is 17.3 Å². The fourth-order valence-corrected chi connectivity index (χ4v) is 2.92. The van der Waals surface area contributed by atoms with Crippen LogP contribution in [0.2, 0.25) is 0 Å². The number of anilines is 1. The summed E-state index contributed by atoms with van der Waals surface area (Å²) in [5.74, 6) is -0.278. The molecule has 2 atom stereocenters. The smallest absolute Gasteiger partial charge is 0.293 e. The highest BCUT2D eigenvalue weighted by atomic mass is 16.6. The first-order valence-corrected chi connectivity index (χ1v) is 8.08. The average molecular weight is 319 g/mol. The third kappa shape index (κ3) is 3.79. The lowest BCUT2D eigenvalue weighted by Crippen LogP contribution is -2.36. The van der Waals surface area contributed by atoms with Crippen molar-refractivity contribution in [1.82, 2.24) is 5.32 Å². The van der Waals surface area contributed by atoms with Crippen molar-refractivity contribution in [3.05, 3.63) is 33.9 Å². The van der Waals surface area contributed by atoms with Crippen molar-refractivity contribution in [1.29, 1.82) is 0 Å². The first kappa shape index (κ1) is 15.7. The predicted molar refractivity (Wildman–Crippen MR) is 85.5 cm³/mol. The van der Waals surface area contributed by atoms with E-state index in [1.165, 1.54) is 6.07 Å². The van der Waals surface area contributed by atoms with Crippen molar-refractivity contribution in [2.45, 2.75) is 56.7 Å². The van der Waals surface area contributed by atoms with Crippen LogP contribution in [0, 0.1) is 10.1 Å². The van der Waals surface area contributed by atoms with Crippen LogP contribution in [-0.2, 0) is 0 Å².